The first-order valence-corrected chi connectivity index (χ1v) is 6.66. The Morgan fingerprint density at radius 1 is 1.28 bits per heavy atom. The number of benzene rings is 1. The summed E-state index contributed by atoms with van der Waals surface area (Å²) in [4.78, 5) is 6.91. The van der Waals surface area contributed by atoms with Crippen LogP contribution in [0.2, 0.25) is 0 Å². The number of thioether (sulfide) groups is 1. The summed E-state index contributed by atoms with van der Waals surface area (Å²) in [5, 5.41) is 3.15. The number of para-hydroxylation sites is 1. The SMILES string of the molecule is Cl.Cl.ClCC1=CSC2=Nc3ccccc3CCN12. The molecule has 1 aromatic carbocycles. The van der Waals surface area contributed by atoms with E-state index in [1.165, 1.54) is 11.3 Å². The number of nitrogens with zero attached hydrogens (tertiary/aromatic N) is 2. The van der Waals surface area contributed by atoms with Gasteiger partial charge in [-0.2, -0.15) is 0 Å². The molecule has 1 aromatic rings. The van der Waals surface area contributed by atoms with Gasteiger partial charge in [0.1, 0.15) is 0 Å². The molecule has 0 saturated carbocycles. The Hall–Kier alpha value is -0.350. The summed E-state index contributed by atoms with van der Waals surface area (Å²) in [5.41, 5.74) is 3.58. The predicted octanol–water partition coefficient (Wildman–Crippen LogP) is 4.20. The fourth-order valence-electron chi connectivity index (χ4n) is 1.97. The minimum Gasteiger partial charge on any atom is -0.322 e. The van der Waals surface area contributed by atoms with Crippen LogP contribution in [-0.2, 0) is 6.42 Å². The van der Waals surface area contributed by atoms with Gasteiger partial charge in [-0.05, 0) is 23.5 Å². The maximum absolute atomic E-state index is 5.91. The molecule has 0 spiro atoms. The van der Waals surface area contributed by atoms with E-state index < -0.39 is 0 Å². The molecule has 0 unspecified atom stereocenters. The summed E-state index contributed by atoms with van der Waals surface area (Å²) in [6, 6.07) is 8.33. The van der Waals surface area contributed by atoms with Gasteiger partial charge in [0.2, 0.25) is 0 Å². The molecule has 0 atom stereocenters. The molecule has 6 heteroatoms. The van der Waals surface area contributed by atoms with E-state index in [9.17, 15) is 0 Å². The third kappa shape index (κ3) is 2.80. The summed E-state index contributed by atoms with van der Waals surface area (Å²) in [7, 11) is 0. The Bertz CT molecular complexity index is 488. The van der Waals surface area contributed by atoms with E-state index in [-0.39, 0.29) is 24.8 Å². The first kappa shape index (κ1) is 15.7. The molecule has 2 aliphatic heterocycles. The lowest BCUT2D eigenvalue weighted by atomic mass is 10.1. The number of rotatable bonds is 1. The van der Waals surface area contributed by atoms with E-state index >= 15 is 0 Å². The summed E-state index contributed by atoms with van der Waals surface area (Å²) >= 11 is 7.58. The molecule has 98 valence electrons. The third-order valence-electron chi connectivity index (χ3n) is 2.83. The van der Waals surface area contributed by atoms with Crippen molar-refractivity contribution in [3.63, 3.8) is 0 Å². The maximum atomic E-state index is 5.91. The minimum absolute atomic E-state index is 0. The highest BCUT2D eigenvalue weighted by Gasteiger charge is 2.24. The molecular formula is C12H13Cl3N2S. The molecule has 0 amide bonds. The molecule has 0 N–H and O–H groups in total. The zero-order valence-electron chi connectivity index (χ0n) is 9.51. The molecule has 0 fully saturated rings. The van der Waals surface area contributed by atoms with Crippen molar-refractivity contribution in [2.75, 3.05) is 12.4 Å². The van der Waals surface area contributed by atoms with E-state index in [2.05, 4.69) is 28.5 Å². The Balaban J connectivity index is 0.000000810. The number of alkyl halides is 1. The molecule has 2 aliphatic rings. The number of allylic oxidation sites excluding steroid dienone is 1. The fraction of sp³-hybridized carbons (Fsp3) is 0.250. The first-order valence-electron chi connectivity index (χ1n) is 5.24. The van der Waals surface area contributed by atoms with Crippen LogP contribution in [0, 0.1) is 0 Å². The molecule has 18 heavy (non-hydrogen) atoms. The number of hydrogen-bond donors (Lipinski definition) is 0. The van der Waals surface area contributed by atoms with E-state index in [0.29, 0.717) is 5.88 Å². The van der Waals surface area contributed by atoms with Gasteiger partial charge in [-0.3, -0.25) is 0 Å². The van der Waals surface area contributed by atoms with Crippen LogP contribution in [0.1, 0.15) is 5.56 Å². The average molecular weight is 324 g/mol. The summed E-state index contributed by atoms with van der Waals surface area (Å²) in [6.45, 7) is 0.974. The zero-order chi connectivity index (χ0) is 11.0. The van der Waals surface area contributed by atoms with Gasteiger partial charge in [0.25, 0.3) is 0 Å². The van der Waals surface area contributed by atoms with Crippen molar-refractivity contribution in [1.82, 2.24) is 4.90 Å². The monoisotopic (exact) mass is 322 g/mol. The molecule has 3 rings (SSSR count). The predicted molar refractivity (Wildman–Crippen MR) is 84.8 cm³/mol. The van der Waals surface area contributed by atoms with Crippen molar-refractivity contribution in [3.05, 3.63) is 40.9 Å². The van der Waals surface area contributed by atoms with Gasteiger partial charge in [-0.15, -0.1) is 36.4 Å². The maximum Gasteiger partial charge on any atom is 0.173 e. The molecule has 0 aromatic heterocycles. The standard InChI is InChI=1S/C12H11ClN2S.2ClH/c13-7-10-8-16-12-14-11-4-2-1-3-9(11)5-6-15(10)12;;/h1-4,8H,5-7H2;2*1H. The Labute approximate surface area is 128 Å². The van der Waals surface area contributed by atoms with Crippen LogP contribution in [0.5, 0.6) is 0 Å². The van der Waals surface area contributed by atoms with Gasteiger partial charge >= 0.3 is 0 Å². The van der Waals surface area contributed by atoms with E-state index in [1.807, 2.05) is 6.07 Å². The number of halogens is 3. The highest BCUT2D eigenvalue weighted by Crippen LogP contribution is 2.33. The van der Waals surface area contributed by atoms with E-state index in [4.69, 9.17) is 16.6 Å². The molecule has 0 saturated heterocycles. The Kier molecular flexibility index (Phi) is 5.86. The van der Waals surface area contributed by atoms with Crippen molar-refractivity contribution < 1.29 is 0 Å². The second-order valence-corrected chi connectivity index (χ2v) is 4.89. The largest absolute Gasteiger partial charge is 0.322 e. The second kappa shape index (κ2) is 6.71. The van der Waals surface area contributed by atoms with Gasteiger partial charge in [0.05, 0.1) is 11.6 Å². The Morgan fingerprint density at radius 3 is 2.83 bits per heavy atom. The van der Waals surface area contributed by atoms with Crippen LogP contribution in [0.4, 0.5) is 5.69 Å². The number of fused-ring (bicyclic) bond motifs is 2. The molecular weight excluding hydrogens is 311 g/mol. The average Bonchev–Trinajstić information content (AvgIpc) is 2.61. The molecule has 0 radical (unpaired) electrons. The number of aliphatic imine (C=N–C) groups is 1. The highest BCUT2D eigenvalue weighted by atomic mass is 35.5. The highest BCUT2D eigenvalue weighted by molar-refractivity contribution is 8.16. The van der Waals surface area contributed by atoms with Gasteiger partial charge < -0.3 is 4.90 Å². The van der Waals surface area contributed by atoms with Crippen LogP contribution in [0.3, 0.4) is 0 Å². The Morgan fingerprint density at radius 2 is 2.06 bits per heavy atom. The second-order valence-electron chi connectivity index (χ2n) is 3.79. The van der Waals surface area contributed by atoms with Gasteiger partial charge in [0.15, 0.2) is 5.17 Å². The van der Waals surface area contributed by atoms with Crippen LogP contribution >= 0.6 is 48.2 Å². The lowest BCUT2D eigenvalue weighted by Crippen LogP contribution is -2.26. The smallest absolute Gasteiger partial charge is 0.173 e. The molecule has 2 heterocycles. The van der Waals surface area contributed by atoms with Crippen molar-refractivity contribution in [1.29, 1.82) is 0 Å². The van der Waals surface area contributed by atoms with E-state index in [1.54, 1.807) is 11.8 Å². The summed E-state index contributed by atoms with van der Waals surface area (Å²) in [5.74, 6) is 0.558. The van der Waals surface area contributed by atoms with Gasteiger partial charge in [-0.1, -0.05) is 30.0 Å². The molecule has 0 bridgehead atoms. The van der Waals surface area contributed by atoms with Crippen LogP contribution in [0.15, 0.2) is 40.4 Å². The van der Waals surface area contributed by atoms with E-state index in [0.717, 1.165) is 23.8 Å². The van der Waals surface area contributed by atoms with Crippen molar-refractivity contribution in [2.24, 2.45) is 4.99 Å². The number of hydrogen-bond acceptors (Lipinski definition) is 3. The van der Waals surface area contributed by atoms with Gasteiger partial charge in [-0.25, -0.2) is 4.99 Å². The zero-order valence-corrected chi connectivity index (χ0v) is 12.7. The minimum atomic E-state index is 0. The van der Waals surface area contributed by atoms with Crippen LogP contribution in [0.25, 0.3) is 0 Å². The number of amidine groups is 1. The lowest BCUT2D eigenvalue weighted by Gasteiger charge is -2.18. The summed E-state index contributed by atoms with van der Waals surface area (Å²) < 4.78 is 0. The van der Waals surface area contributed by atoms with Crippen LogP contribution < -0.4 is 0 Å². The van der Waals surface area contributed by atoms with Crippen molar-refractivity contribution in [3.8, 4) is 0 Å². The van der Waals surface area contributed by atoms with Crippen molar-refractivity contribution in [2.45, 2.75) is 6.42 Å². The molecule has 2 nitrogen and oxygen atoms in total. The normalized spacial score (nSPS) is 16.4. The van der Waals surface area contributed by atoms with Crippen molar-refractivity contribution >= 4 is 59.0 Å². The third-order valence-corrected chi connectivity index (χ3v) is 4.01. The molecule has 0 aliphatic carbocycles. The first-order chi connectivity index (χ1) is 7.88. The van der Waals surface area contributed by atoms with Gasteiger partial charge in [0, 0.05) is 12.2 Å². The lowest BCUT2D eigenvalue weighted by molar-refractivity contribution is 0.537. The summed E-state index contributed by atoms with van der Waals surface area (Å²) in [6.07, 6.45) is 1.03. The fourth-order valence-corrected chi connectivity index (χ4v) is 3.22. The topological polar surface area (TPSA) is 15.6 Å². The quantitative estimate of drug-likeness (QED) is 0.720. The van der Waals surface area contributed by atoms with Crippen LogP contribution in [-0.4, -0.2) is 22.5 Å².